The lowest BCUT2D eigenvalue weighted by Gasteiger charge is -2.33. The molecule has 1 aliphatic rings. The van der Waals surface area contributed by atoms with Gasteiger partial charge in [0.25, 0.3) is 0 Å². The van der Waals surface area contributed by atoms with Gasteiger partial charge in [-0.1, -0.05) is 13.8 Å². The third-order valence-electron chi connectivity index (χ3n) is 4.81. The summed E-state index contributed by atoms with van der Waals surface area (Å²) < 4.78 is 5.22. The fraction of sp³-hybridized carbons (Fsp3) is 0.647. The Morgan fingerprint density at radius 3 is 2.50 bits per heavy atom. The maximum absolute atomic E-state index is 5.22. The first kappa shape index (κ1) is 15.2. The molecule has 1 aliphatic carbocycles. The van der Waals surface area contributed by atoms with Gasteiger partial charge in [-0.2, -0.15) is 0 Å². The van der Waals surface area contributed by atoms with E-state index in [2.05, 4.69) is 50.3 Å². The predicted octanol–water partition coefficient (Wildman–Crippen LogP) is 3.16. The average molecular weight is 276 g/mol. The molecule has 0 amide bonds. The Balaban J connectivity index is 2.02. The first-order valence-corrected chi connectivity index (χ1v) is 7.50. The Kier molecular flexibility index (Phi) is 4.59. The van der Waals surface area contributed by atoms with Crippen LogP contribution in [-0.2, 0) is 0 Å². The van der Waals surface area contributed by atoms with E-state index in [4.69, 9.17) is 4.74 Å². The molecule has 3 heteroatoms. The minimum absolute atomic E-state index is 0.403. The fourth-order valence-corrected chi connectivity index (χ4v) is 3.63. The number of hydrogen-bond donors (Lipinski definition) is 1. The molecular weight excluding hydrogens is 248 g/mol. The van der Waals surface area contributed by atoms with Crippen LogP contribution in [-0.4, -0.2) is 33.8 Å². The molecule has 0 aliphatic heterocycles. The topological polar surface area (TPSA) is 24.5 Å². The Labute approximate surface area is 123 Å². The summed E-state index contributed by atoms with van der Waals surface area (Å²) in [4.78, 5) is 2.36. The summed E-state index contributed by atoms with van der Waals surface area (Å²) in [5.74, 6) is 1.62. The first-order valence-electron chi connectivity index (χ1n) is 7.50. The molecule has 2 unspecified atom stereocenters. The normalized spacial score (nSPS) is 24.6. The highest BCUT2D eigenvalue weighted by atomic mass is 16.5. The van der Waals surface area contributed by atoms with Crippen molar-refractivity contribution in [3.63, 3.8) is 0 Å². The summed E-state index contributed by atoms with van der Waals surface area (Å²) in [5, 5.41) is 3.53. The molecule has 0 spiro atoms. The molecule has 0 saturated heterocycles. The number of ether oxygens (including phenoxy) is 1. The van der Waals surface area contributed by atoms with Gasteiger partial charge in [0.15, 0.2) is 0 Å². The monoisotopic (exact) mass is 276 g/mol. The van der Waals surface area contributed by atoms with E-state index in [0.717, 1.165) is 12.3 Å². The van der Waals surface area contributed by atoms with Gasteiger partial charge in [-0.05, 0) is 55.5 Å². The molecule has 0 aromatic heterocycles. The maximum Gasteiger partial charge on any atom is 0.119 e. The van der Waals surface area contributed by atoms with Crippen LogP contribution < -0.4 is 15.0 Å². The van der Waals surface area contributed by atoms with Crippen LogP contribution in [0.3, 0.4) is 0 Å². The van der Waals surface area contributed by atoms with Crippen molar-refractivity contribution in [2.75, 3.05) is 32.6 Å². The molecular formula is C17H28N2O. The molecule has 0 heterocycles. The van der Waals surface area contributed by atoms with E-state index in [1.54, 1.807) is 7.11 Å². The predicted molar refractivity (Wildman–Crippen MR) is 85.6 cm³/mol. The molecule has 2 atom stereocenters. The zero-order valence-electron chi connectivity index (χ0n) is 13.4. The van der Waals surface area contributed by atoms with E-state index in [9.17, 15) is 0 Å². The quantitative estimate of drug-likeness (QED) is 0.894. The Bertz CT molecular complexity index is 427. The van der Waals surface area contributed by atoms with Gasteiger partial charge in [0.2, 0.25) is 0 Å². The Hall–Kier alpha value is -1.22. The van der Waals surface area contributed by atoms with Crippen LogP contribution in [0, 0.1) is 11.3 Å². The lowest BCUT2D eigenvalue weighted by atomic mass is 9.85. The zero-order chi connectivity index (χ0) is 14.8. The number of methoxy groups -OCH3 is 1. The van der Waals surface area contributed by atoms with Crippen LogP contribution in [0.15, 0.2) is 24.3 Å². The summed E-state index contributed by atoms with van der Waals surface area (Å²) >= 11 is 0. The van der Waals surface area contributed by atoms with Crippen LogP contribution in [0.5, 0.6) is 5.75 Å². The second-order valence-electron chi connectivity index (χ2n) is 6.63. The third-order valence-corrected chi connectivity index (χ3v) is 4.81. The van der Waals surface area contributed by atoms with Gasteiger partial charge >= 0.3 is 0 Å². The van der Waals surface area contributed by atoms with Gasteiger partial charge in [0.05, 0.1) is 7.11 Å². The van der Waals surface area contributed by atoms with E-state index in [1.807, 2.05) is 12.1 Å². The maximum atomic E-state index is 5.22. The van der Waals surface area contributed by atoms with Crippen LogP contribution >= 0.6 is 0 Å². The standard InChI is InChI=1S/C17H28N2O/c1-17(2)11-10-13(16(17)18-3)12-19(4)14-6-8-15(20-5)9-7-14/h6-9,13,16,18H,10-12H2,1-5H3. The second-order valence-corrected chi connectivity index (χ2v) is 6.63. The Morgan fingerprint density at radius 2 is 1.95 bits per heavy atom. The van der Waals surface area contributed by atoms with E-state index in [-0.39, 0.29) is 0 Å². The van der Waals surface area contributed by atoms with Crippen LogP contribution in [0.1, 0.15) is 26.7 Å². The number of benzene rings is 1. The zero-order valence-corrected chi connectivity index (χ0v) is 13.4. The van der Waals surface area contributed by atoms with Crippen molar-refractivity contribution in [3.05, 3.63) is 24.3 Å². The van der Waals surface area contributed by atoms with Gasteiger partial charge < -0.3 is 15.0 Å². The highest BCUT2D eigenvalue weighted by Crippen LogP contribution is 2.41. The van der Waals surface area contributed by atoms with Gasteiger partial charge in [-0.3, -0.25) is 0 Å². The van der Waals surface area contributed by atoms with Crippen LogP contribution in [0.25, 0.3) is 0 Å². The van der Waals surface area contributed by atoms with Crippen LogP contribution in [0.4, 0.5) is 5.69 Å². The highest BCUT2D eigenvalue weighted by molar-refractivity contribution is 5.48. The minimum Gasteiger partial charge on any atom is -0.497 e. The highest BCUT2D eigenvalue weighted by Gasteiger charge is 2.41. The van der Waals surface area contributed by atoms with E-state index >= 15 is 0 Å². The minimum atomic E-state index is 0.403. The number of hydrogen-bond acceptors (Lipinski definition) is 3. The van der Waals surface area contributed by atoms with Gasteiger partial charge in [0.1, 0.15) is 5.75 Å². The summed E-state index contributed by atoms with van der Waals surface area (Å²) in [7, 11) is 5.98. The summed E-state index contributed by atoms with van der Waals surface area (Å²) in [6.45, 7) is 5.85. The van der Waals surface area contributed by atoms with Gasteiger partial charge in [-0.25, -0.2) is 0 Å². The van der Waals surface area contributed by atoms with Crippen molar-refractivity contribution in [2.24, 2.45) is 11.3 Å². The van der Waals surface area contributed by atoms with Crippen molar-refractivity contribution in [1.29, 1.82) is 0 Å². The summed E-state index contributed by atoms with van der Waals surface area (Å²) in [6.07, 6.45) is 2.61. The number of nitrogens with one attached hydrogen (secondary N) is 1. The number of nitrogens with zero attached hydrogens (tertiary/aromatic N) is 1. The van der Waals surface area contributed by atoms with Crippen molar-refractivity contribution >= 4 is 5.69 Å². The fourth-order valence-electron chi connectivity index (χ4n) is 3.63. The largest absolute Gasteiger partial charge is 0.497 e. The molecule has 1 N–H and O–H groups in total. The molecule has 0 radical (unpaired) electrons. The van der Waals surface area contributed by atoms with Gasteiger partial charge in [-0.15, -0.1) is 0 Å². The molecule has 112 valence electrons. The summed E-state index contributed by atoms with van der Waals surface area (Å²) in [5.41, 5.74) is 1.66. The third kappa shape index (κ3) is 3.09. The molecule has 0 bridgehead atoms. The molecule has 3 nitrogen and oxygen atoms in total. The van der Waals surface area contributed by atoms with Crippen molar-refractivity contribution < 1.29 is 4.74 Å². The molecule has 1 fully saturated rings. The van der Waals surface area contributed by atoms with Crippen molar-refractivity contribution in [2.45, 2.75) is 32.7 Å². The van der Waals surface area contributed by atoms with E-state index < -0.39 is 0 Å². The Morgan fingerprint density at radius 1 is 1.30 bits per heavy atom. The summed E-state index contributed by atoms with van der Waals surface area (Å²) in [6, 6.07) is 8.92. The number of anilines is 1. The van der Waals surface area contributed by atoms with E-state index in [0.29, 0.717) is 17.4 Å². The first-order chi connectivity index (χ1) is 9.47. The molecule has 1 aromatic carbocycles. The molecule has 2 rings (SSSR count). The molecule has 1 saturated carbocycles. The van der Waals surface area contributed by atoms with Crippen LogP contribution in [0.2, 0.25) is 0 Å². The number of rotatable bonds is 5. The SMILES string of the molecule is CNC1C(CN(C)c2ccc(OC)cc2)CCC1(C)C. The smallest absolute Gasteiger partial charge is 0.119 e. The van der Waals surface area contributed by atoms with Crippen molar-refractivity contribution in [3.8, 4) is 5.75 Å². The van der Waals surface area contributed by atoms with Crippen molar-refractivity contribution in [1.82, 2.24) is 5.32 Å². The van der Waals surface area contributed by atoms with E-state index in [1.165, 1.54) is 18.5 Å². The van der Waals surface area contributed by atoms with Gasteiger partial charge in [0, 0.05) is 25.3 Å². The second kappa shape index (κ2) is 6.04. The average Bonchev–Trinajstić information content (AvgIpc) is 2.73. The molecule has 20 heavy (non-hydrogen) atoms. The molecule has 1 aromatic rings. The lowest BCUT2D eigenvalue weighted by molar-refractivity contribution is 0.263. The lowest BCUT2D eigenvalue weighted by Crippen LogP contribution is -2.43.